The van der Waals surface area contributed by atoms with Crippen LogP contribution in [-0.4, -0.2) is 29.1 Å². The molecule has 2 rings (SSSR count). The van der Waals surface area contributed by atoms with E-state index in [9.17, 15) is 0 Å². The third kappa shape index (κ3) is 2.70. The van der Waals surface area contributed by atoms with Gasteiger partial charge in [-0.3, -0.25) is 0 Å². The summed E-state index contributed by atoms with van der Waals surface area (Å²) in [4.78, 5) is 2.46. The molecule has 92 valence electrons. The smallest absolute Gasteiger partial charge is 0.0480 e. The van der Waals surface area contributed by atoms with Gasteiger partial charge in [-0.15, -0.1) is 0 Å². The highest BCUT2D eigenvalue weighted by molar-refractivity contribution is 5.80. The van der Waals surface area contributed by atoms with Gasteiger partial charge in [0.1, 0.15) is 0 Å². The van der Waals surface area contributed by atoms with Gasteiger partial charge >= 0.3 is 0 Å². The van der Waals surface area contributed by atoms with Gasteiger partial charge in [-0.1, -0.05) is 25.5 Å². The number of hydrogen-bond acceptors (Lipinski definition) is 1. The van der Waals surface area contributed by atoms with Crippen LogP contribution in [-0.2, 0) is 6.54 Å². The van der Waals surface area contributed by atoms with E-state index in [1.54, 1.807) is 0 Å². The van der Waals surface area contributed by atoms with Gasteiger partial charge in [0.15, 0.2) is 0 Å². The standard InChI is InChI=1S/C15H22N2/c1-4-16(5-2)10-11-17-9-8-14-12-13(3)6-7-15(14)17/h6-9,12H,4-5,10-11H2,1-3H3. The van der Waals surface area contributed by atoms with Crippen LogP contribution in [0.2, 0.25) is 0 Å². The number of aromatic nitrogens is 1. The number of hydrogen-bond donors (Lipinski definition) is 0. The fraction of sp³-hybridized carbons (Fsp3) is 0.467. The summed E-state index contributed by atoms with van der Waals surface area (Å²) in [5, 5.41) is 1.35. The van der Waals surface area contributed by atoms with E-state index in [1.165, 1.54) is 16.5 Å². The summed E-state index contributed by atoms with van der Waals surface area (Å²) in [6.45, 7) is 11.1. The summed E-state index contributed by atoms with van der Waals surface area (Å²) in [5.74, 6) is 0. The summed E-state index contributed by atoms with van der Waals surface area (Å²) < 4.78 is 2.35. The molecule has 0 unspecified atom stereocenters. The lowest BCUT2D eigenvalue weighted by molar-refractivity contribution is 0.292. The molecule has 2 aromatic rings. The Kier molecular flexibility index (Phi) is 3.85. The highest BCUT2D eigenvalue weighted by atomic mass is 15.1. The molecule has 1 aromatic carbocycles. The molecule has 0 bridgehead atoms. The number of nitrogens with zero attached hydrogens (tertiary/aromatic N) is 2. The maximum absolute atomic E-state index is 2.46. The fourth-order valence-corrected chi connectivity index (χ4v) is 2.30. The van der Waals surface area contributed by atoms with E-state index in [1.807, 2.05) is 0 Å². The number of aryl methyl sites for hydroxylation is 1. The lowest BCUT2D eigenvalue weighted by Crippen LogP contribution is -2.26. The lowest BCUT2D eigenvalue weighted by atomic mass is 10.2. The van der Waals surface area contributed by atoms with Gasteiger partial charge in [0.2, 0.25) is 0 Å². The summed E-state index contributed by atoms with van der Waals surface area (Å²) in [7, 11) is 0. The van der Waals surface area contributed by atoms with Crippen molar-refractivity contribution in [3.8, 4) is 0 Å². The third-order valence-corrected chi connectivity index (χ3v) is 3.48. The predicted molar refractivity (Wildman–Crippen MR) is 74.5 cm³/mol. The Morgan fingerprint density at radius 3 is 2.59 bits per heavy atom. The SMILES string of the molecule is CCN(CC)CCn1ccc2cc(C)ccc21. The average Bonchev–Trinajstić information content (AvgIpc) is 2.73. The van der Waals surface area contributed by atoms with Crippen molar-refractivity contribution in [3.63, 3.8) is 0 Å². The highest BCUT2D eigenvalue weighted by Crippen LogP contribution is 2.17. The summed E-state index contributed by atoms with van der Waals surface area (Å²) in [6.07, 6.45) is 2.20. The van der Waals surface area contributed by atoms with E-state index in [-0.39, 0.29) is 0 Å². The first-order valence-corrected chi connectivity index (χ1v) is 6.52. The van der Waals surface area contributed by atoms with Crippen LogP contribution in [0.4, 0.5) is 0 Å². The summed E-state index contributed by atoms with van der Waals surface area (Å²) >= 11 is 0. The molecule has 2 heteroatoms. The zero-order valence-electron chi connectivity index (χ0n) is 11.1. The topological polar surface area (TPSA) is 8.17 Å². The minimum Gasteiger partial charge on any atom is -0.346 e. The lowest BCUT2D eigenvalue weighted by Gasteiger charge is -2.18. The second kappa shape index (κ2) is 5.37. The van der Waals surface area contributed by atoms with Gasteiger partial charge in [-0.25, -0.2) is 0 Å². The Morgan fingerprint density at radius 2 is 1.88 bits per heavy atom. The first kappa shape index (κ1) is 12.2. The van der Waals surface area contributed by atoms with E-state index in [4.69, 9.17) is 0 Å². The van der Waals surface area contributed by atoms with Crippen LogP contribution < -0.4 is 0 Å². The Labute approximate surface area is 104 Å². The second-order valence-electron chi connectivity index (χ2n) is 4.60. The molecular formula is C15H22N2. The van der Waals surface area contributed by atoms with Gasteiger partial charge in [-0.05, 0) is 43.6 Å². The molecule has 0 radical (unpaired) electrons. The fourth-order valence-electron chi connectivity index (χ4n) is 2.30. The van der Waals surface area contributed by atoms with E-state index in [0.29, 0.717) is 0 Å². The molecule has 0 amide bonds. The van der Waals surface area contributed by atoms with Gasteiger partial charge in [0, 0.05) is 24.8 Å². The maximum Gasteiger partial charge on any atom is 0.0480 e. The van der Waals surface area contributed by atoms with Crippen molar-refractivity contribution in [2.75, 3.05) is 19.6 Å². The molecule has 0 saturated heterocycles. The Bertz CT molecular complexity index is 481. The molecule has 0 N–H and O–H groups in total. The monoisotopic (exact) mass is 230 g/mol. The van der Waals surface area contributed by atoms with Crippen molar-refractivity contribution in [2.24, 2.45) is 0 Å². The van der Waals surface area contributed by atoms with E-state index in [2.05, 4.69) is 60.7 Å². The van der Waals surface area contributed by atoms with Crippen molar-refractivity contribution < 1.29 is 0 Å². The minimum absolute atomic E-state index is 1.08. The van der Waals surface area contributed by atoms with Crippen LogP contribution >= 0.6 is 0 Å². The van der Waals surface area contributed by atoms with Crippen molar-refractivity contribution in [1.82, 2.24) is 9.47 Å². The van der Waals surface area contributed by atoms with Crippen LogP contribution in [0.25, 0.3) is 10.9 Å². The van der Waals surface area contributed by atoms with Gasteiger partial charge in [0.05, 0.1) is 0 Å². The molecule has 1 aromatic heterocycles. The maximum atomic E-state index is 2.46. The second-order valence-corrected chi connectivity index (χ2v) is 4.60. The quantitative estimate of drug-likeness (QED) is 0.765. The largest absolute Gasteiger partial charge is 0.346 e. The third-order valence-electron chi connectivity index (χ3n) is 3.48. The molecule has 0 atom stereocenters. The molecular weight excluding hydrogens is 208 g/mol. The minimum atomic E-state index is 1.08. The van der Waals surface area contributed by atoms with Gasteiger partial charge in [0.25, 0.3) is 0 Å². The molecule has 0 aliphatic heterocycles. The average molecular weight is 230 g/mol. The molecule has 0 saturated carbocycles. The van der Waals surface area contributed by atoms with Crippen molar-refractivity contribution in [3.05, 3.63) is 36.0 Å². The van der Waals surface area contributed by atoms with Crippen LogP contribution in [0.3, 0.4) is 0 Å². The number of benzene rings is 1. The van der Waals surface area contributed by atoms with Gasteiger partial charge in [-0.2, -0.15) is 0 Å². The van der Waals surface area contributed by atoms with Crippen molar-refractivity contribution in [1.29, 1.82) is 0 Å². The van der Waals surface area contributed by atoms with E-state index in [0.717, 1.165) is 26.2 Å². The number of rotatable bonds is 5. The van der Waals surface area contributed by atoms with Crippen LogP contribution in [0.1, 0.15) is 19.4 Å². The van der Waals surface area contributed by atoms with Crippen molar-refractivity contribution >= 4 is 10.9 Å². The van der Waals surface area contributed by atoms with E-state index >= 15 is 0 Å². The first-order chi connectivity index (χ1) is 8.24. The molecule has 17 heavy (non-hydrogen) atoms. The molecule has 1 heterocycles. The van der Waals surface area contributed by atoms with Crippen LogP contribution in [0.15, 0.2) is 30.5 Å². The number of fused-ring (bicyclic) bond motifs is 1. The number of likely N-dealkylation sites (N-methyl/N-ethyl adjacent to an activating group) is 1. The molecule has 0 aliphatic carbocycles. The molecule has 0 spiro atoms. The first-order valence-electron chi connectivity index (χ1n) is 6.52. The van der Waals surface area contributed by atoms with Crippen molar-refractivity contribution in [2.45, 2.75) is 27.3 Å². The Balaban J connectivity index is 2.14. The van der Waals surface area contributed by atoms with Gasteiger partial charge < -0.3 is 9.47 Å². The zero-order chi connectivity index (χ0) is 12.3. The predicted octanol–water partition coefficient (Wildman–Crippen LogP) is 3.29. The summed E-state index contributed by atoms with van der Waals surface area (Å²) in [5.41, 5.74) is 2.68. The highest BCUT2D eigenvalue weighted by Gasteiger charge is 2.03. The molecule has 0 aliphatic rings. The van der Waals surface area contributed by atoms with Crippen LogP contribution in [0.5, 0.6) is 0 Å². The van der Waals surface area contributed by atoms with E-state index < -0.39 is 0 Å². The summed E-state index contributed by atoms with van der Waals surface area (Å²) in [6, 6.07) is 8.89. The molecule has 0 fully saturated rings. The Hall–Kier alpha value is -1.28. The van der Waals surface area contributed by atoms with Crippen LogP contribution in [0, 0.1) is 6.92 Å². The zero-order valence-corrected chi connectivity index (χ0v) is 11.1. The normalized spacial score (nSPS) is 11.5. The molecule has 2 nitrogen and oxygen atoms in total. The Morgan fingerprint density at radius 1 is 1.12 bits per heavy atom.